The first kappa shape index (κ1) is 10.4. The van der Waals surface area contributed by atoms with Crippen LogP contribution in [0.3, 0.4) is 0 Å². The highest BCUT2D eigenvalue weighted by Gasteiger charge is 2.19. The Labute approximate surface area is 99.4 Å². The highest BCUT2D eigenvalue weighted by Crippen LogP contribution is 2.25. The average Bonchev–Trinajstić information content (AvgIpc) is 2.76. The molecule has 3 rings (SSSR count). The molecule has 0 amide bonds. The Kier molecular flexibility index (Phi) is 2.62. The summed E-state index contributed by atoms with van der Waals surface area (Å²) < 4.78 is 1.45. The molecule has 2 aromatic heterocycles. The molecule has 0 radical (unpaired) electrons. The van der Waals surface area contributed by atoms with Crippen LogP contribution in [0, 0.1) is 5.92 Å². The monoisotopic (exact) mass is 232 g/mol. The van der Waals surface area contributed by atoms with E-state index in [1.54, 1.807) is 0 Å². The summed E-state index contributed by atoms with van der Waals surface area (Å²) in [7, 11) is 0. The van der Waals surface area contributed by atoms with Gasteiger partial charge in [-0.1, -0.05) is 19.8 Å². The van der Waals surface area contributed by atoms with Gasteiger partial charge in [-0.05, 0) is 41.3 Å². The van der Waals surface area contributed by atoms with Crippen LogP contribution < -0.4 is 5.32 Å². The van der Waals surface area contributed by atoms with E-state index in [1.165, 1.54) is 30.3 Å². The maximum atomic E-state index is 4.32. The maximum absolute atomic E-state index is 4.32. The van der Waals surface area contributed by atoms with Crippen molar-refractivity contribution in [1.29, 1.82) is 0 Å². The molecule has 0 aliphatic heterocycles. The highest BCUT2D eigenvalue weighted by molar-refractivity contribution is 5.42. The summed E-state index contributed by atoms with van der Waals surface area (Å²) in [5.74, 6) is 1.65. The first-order valence-corrected chi connectivity index (χ1v) is 6.13. The molecule has 6 heteroatoms. The van der Waals surface area contributed by atoms with Crippen LogP contribution >= 0.6 is 0 Å². The molecule has 0 bridgehead atoms. The summed E-state index contributed by atoms with van der Waals surface area (Å²) >= 11 is 0. The third kappa shape index (κ3) is 2.20. The largest absolute Gasteiger partial charge is 0.366 e. The molecule has 1 N–H and O–H groups in total. The molecular weight excluding hydrogens is 216 g/mol. The molecule has 2 atom stereocenters. The van der Waals surface area contributed by atoms with E-state index < -0.39 is 0 Å². The molecule has 1 fully saturated rings. The van der Waals surface area contributed by atoms with Gasteiger partial charge in [0.25, 0.3) is 0 Å². The summed E-state index contributed by atoms with van der Waals surface area (Å²) in [6.07, 6.45) is 5.08. The van der Waals surface area contributed by atoms with Gasteiger partial charge in [-0.15, -0.1) is 14.8 Å². The van der Waals surface area contributed by atoms with Crippen LogP contribution in [-0.4, -0.2) is 31.3 Å². The van der Waals surface area contributed by atoms with Crippen LogP contribution in [0.5, 0.6) is 0 Å². The lowest BCUT2D eigenvalue weighted by atomic mass is 9.87. The molecule has 6 nitrogen and oxygen atoms in total. The van der Waals surface area contributed by atoms with Crippen molar-refractivity contribution in [2.75, 3.05) is 5.32 Å². The van der Waals surface area contributed by atoms with E-state index in [2.05, 4.69) is 32.9 Å². The summed E-state index contributed by atoms with van der Waals surface area (Å²) in [6.45, 7) is 2.31. The van der Waals surface area contributed by atoms with Gasteiger partial charge in [-0.3, -0.25) is 0 Å². The molecule has 1 aliphatic rings. The lowest BCUT2D eigenvalue weighted by Gasteiger charge is -2.27. The Hall–Kier alpha value is -1.72. The molecule has 90 valence electrons. The molecule has 1 saturated carbocycles. The molecule has 0 spiro atoms. The molecular formula is C11H16N6. The van der Waals surface area contributed by atoms with Gasteiger partial charge in [-0.2, -0.15) is 0 Å². The van der Waals surface area contributed by atoms with Gasteiger partial charge in [0, 0.05) is 6.04 Å². The topological polar surface area (TPSA) is 68.0 Å². The van der Waals surface area contributed by atoms with Gasteiger partial charge in [0.2, 0.25) is 0 Å². The Morgan fingerprint density at radius 1 is 1.35 bits per heavy atom. The van der Waals surface area contributed by atoms with Crippen molar-refractivity contribution in [1.82, 2.24) is 25.3 Å². The van der Waals surface area contributed by atoms with Crippen molar-refractivity contribution in [3.8, 4) is 0 Å². The van der Waals surface area contributed by atoms with Crippen molar-refractivity contribution < 1.29 is 0 Å². The zero-order chi connectivity index (χ0) is 11.7. The number of rotatable bonds is 2. The number of aromatic nitrogens is 5. The molecule has 2 heterocycles. The lowest BCUT2D eigenvalue weighted by Crippen LogP contribution is -2.26. The van der Waals surface area contributed by atoms with Gasteiger partial charge in [0.05, 0.1) is 0 Å². The van der Waals surface area contributed by atoms with Crippen LogP contribution in [0.25, 0.3) is 5.65 Å². The maximum Gasteiger partial charge on any atom is 0.200 e. The highest BCUT2D eigenvalue weighted by atomic mass is 15.6. The number of hydrogen-bond donors (Lipinski definition) is 1. The van der Waals surface area contributed by atoms with Gasteiger partial charge >= 0.3 is 0 Å². The second-order valence-electron chi connectivity index (χ2n) is 4.86. The Balaban J connectivity index is 1.75. The average molecular weight is 232 g/mol. The van der Waals surface area contributed by atoms with Crippen molar-refractivity contribution in [2.45, 2.75) is 38.6 Å². The van der Waals surface area contributed by atoms with Gasteiger partial charge in [-0.25, -0.2) is 0 Å². The minimum atomic E-state index is 0.528. The smallest absolute Gasteiger partial charge is 0.200 e. The quantitative estimate of drug-likeness (QED) is 0.850. The van der Waals surface area contributed by atoms with Crippen molar-refractivity contribution in [3.05, 3.63) is 12.1 Å². The first-order chi connectivity index (χ1) is 8.31. The predicted octanol–water partition coefficient (Wildman–Crippen LogP) is 1.51. The van der Waals surface area contributed by atoms with E-state index in [4.69, 9.17) is 0 Å². The second kappa shape index (κ2) is 4.27. The molecule has 0 aromatic carbocycles. The lowest BCUT2D eigenvalue weighted by molar-refractivity contribution is 0.358. The van der Waals surface area contributed by atoms with Crippen LogP contribution in [0.15, 0.2) is 12.1 Å². The van der Waals surface area contributed by atoms with E-state index in [0.717, 1.165) is 11.7 Å². The fourth-order valence-corrected chi connectivity index (χ4v) is 2.50. The SMILES string of the molecule is CC1CCCC(Nc2ccc3nnnn3n2)C1. The van der Waals surface area contributed by atoms with E-state index >= 15 is 0 Å². The van der Waals surface area contributed by atoms with Crippen LogP contribution in [0.2, 0.25) is 0 Å². The fourth-order valence-electron chi connectivity index (χ4n) is 2.50. The third-order valence-corrected chi connectivity index (χ3v) is 3.36. The Bertz CT molecular complexity index is 507. The van der Waals surface area contributed by atoms with E-state index in [9.17, 15) is 0 Å². The molecule has 1 aliphatic carbocycles. The zero-order valence-electron chi connectivity index (χ0n) is 9.87. The summed E-state index contributed by atoms with van der Waals surface area (Å²) in [6, 6.07) is 4.34. The molecule has 17 heavy (non-hydrogen) atoms. The van der Waals surface area contributed by atoms with Gasteiger partial charge in [0.15, 0.2) is 5.65 Å². The minimum Gasteiger partial charge on any atom is -0.366 e. The second-order valence-corrected chi connectivity index (χ2v) is 4.86. The van der Waals surface area contributed by atoms with Gasteiger partial charge < -0.3 is 5.32 Å². The number of fused-ring (bicyclic) bond motifs is 1. The van der Waals surface area contributed by atoms with E-state index in [-0.39, 0.29) is 0 Å². The minimum absolute atomic E-state index is 0.528. The van der Waals surface area contributed by atoms with Crippen molar-refractivity contribution >= 4 is 11.5 Å². The molecule has 2 aromatic rings. The van der Waals surface area contributed by atoms with Crippen molar-refractivity contribution in [2.24, 2.45) is 5.92 Å². The van der Waals surface area contributed by atoms with Gasteiger partial charge in [0.1, 0.15) is 5.82 Å². The number of tetrazole rings is 1. The van der Waals surface area contributed by atoms with E-state index in [0.29, 0.717) is 11.7 Å². The fraction of sp³-hybridized carbons (Fsp3) is 0.636. The number of nitrogens with one attached hydrogen (secondary N) is 1. The Morgan fingerprint density at radius 2 is 2.29 bits per heavy atom. The summed E-state index contributed by atoms with van der Waals surface area (Å²) in [5, 5.41) is 19.0. The molecule has 0 saturated heterocycles. The van der Waals surface area contributed by atoms with Crippen LogP contribution in [0.1, 0.15) is 32.6 Å². The standard InChI is InChI=1S/C11H16N6/c1-8-3-2-4-9(7-8)12-10-5-6-11-13-15-16-17(11)14-10/h5-6,8-9H,2-4,7H2,1H3,(H,12,14). The number of anilines is 1. The normalized spacial score (nSPS) is 25.0. The van der Waals surface area contributed by atoms with Crippen molar-refractivity contribution in [3.63, 3.8) is 0 Å². The predicted molar refractivity (Wildman–Crippen MR) is 63.6 cm³/mol. The summed E-state index contributed by atoms with van der Waals surface area (Å²) in [4.78, 5) is 0. The summed E-state index contributed by atoms with van der Waals surface area (Å²) in [5.41, 5.74) is 0.674. The van der Waals surface area contributed by atoms with Crippen LogP contribution in [-0.2, 0) is 0 Å². The third-order valence-electron chi connectivity index (χ3n) is 3.36. The number of hydrogen-bond acceptors (Lipinski definition) is 5. The van der Waals surface area contributed by atoms with E-state index in [1.807, 2.05) is 12.1 Å². The molecule has 2 unspecified atom stereocenters. The van der Waals surface area contributed by atoms with Crippen LogP contribution in [0.4, 0.5) is 5.82 Å². The first-order valence-electron chi connectivity index (χ1n) is 6.13. The number of nitrogens with zero attached hydrogens (tertiary/aromatic N) is 5. The zero-order valence-corrected chi connectivity index (χ0v) is 9.87. The Morgan fingerprint density at radius 3 is 3.18 bits per heavy atom.